The zero-order chi connectivity index (χ0) is 12.8. The second-order valence-corrected chi connectivity index (χ2v) is 7.90. The highest BCUT2D eigenvalue weighted by Crippen LogP contribution is 2.57. The van der Waals surface area contributed by atoms with Gasteiger partial charge >= 0.3 is 0 Å². The maximum absolute atomic E-state index is 5.92. The zero-order valence-corrected chi connectivity index (χ0v) is 12.2. The topological polar surface area (TPSA) is 38.0 Å². The van der Waals surface area contributed by atoms with Crippen molar-refractivity contribution in [2.75, 3.05) is 0 Å². The molecule has 19 heavy (non-hydrogen) atoms. The second-order valence-electron chi connectivity index (χ2n) is 7.12. The van der Waals surface area contributed by atoms with Gasteiger partial charge in [0.15, 0.2) is 0 Å². The average molecular weight is 276 g/mol. The minimum absolute atomic E-state index is 0.490. The largest absolute Gasteiger partial charge is 0.271 e. The van der Waals surface area contributed by atoms with Gasteiger partial charge < -0.3 is 0 Å². The van der Waals surface area contributed by atoms with Crippen LogP contribution >= 0.6 is 11.3 Å². The Bertz CT molecular complexity index is 400. The van der Waals surface area contributed by atoms with E-state index in [1.165, 1.54) is 37.7 Å². The van der Waals surface area contributed by atoms with Crippen LogP contribution in [0.25, 0.3) is 0 Å². The molecule has 4 bridgehead atoms. The predicted molar refractivity (Wildman–Crippen MR) is 79.7 cm³/mol. The van der Waals surface area contributed by atoms with Gasteiger partial charge in [-0.25, -0.2) is 0 Å². The van der Waals surface area contributed by atoms with Crippen LogP contribution in [-0.2, 0) is 6.42 Å². The molecule has 1 unspecified atom stereocenters. The van der Waals surface area contributed by atoms with E-state index in [-0.39, 0.29) is 0 Å². The number of hydrazine groups is 1. The van der Waals surface area contributed by atoms with Crippen LogP contribution in [0.4, 0.5) is 0 Å². The molecule has 1 aromatic rings. The molecule has 1 atom stereocenters. The van der Waals surface area contributed by atoms with Crippen molar-refractivity contribution in [3.8, 4) is 0 Å². The molecule has 3 N–H and O–H groups in total. The van der Waals surface area contributed by atoms with Crippen molar-refractivity contribution in [1.29, 1.82) is 0 Å². The molecular formula is C16H24N2S. The lowest BCUT2D eigenvalue weighted by Crippen LogP contribution is -2.55. The van der Waals surface area contributed by atoms with Crippen LogP contribution < -0.4 is 11.3 Å². The van der Waals surface area contributed by atoms with Crippen LogP contribution in [0.2, 0.25) is 0 Å². The molecule has 0 saturated heterocycles. The zero-order valence-electron chi connectivity index (χ0n) is 11.4. The minimum Gasteiger partial charge on any atom is -0.271 e. The number of hydrogen-bond donors (Lipinski definition) is 2. The predicted octanol–water partition coefficient (Wildman–Crippen LogP) is 3.19. The fourth-order valence-corrected chi connectivity index (χ4v) is 6.27. The average Bonchev–Trinajstić information content (AvgIpc) is 2.89. The summed E-state index contributed by atoms with van der Waals surface area (Å²) < 4.78 is 0. The smallest absolute Gasteiger partial charge is 0.0284 e. The first kappa shape index (κ1) is 12.4. The Kier molecular flexibility index (Phi) is 3.17. The fourth-order valence-electron chi connectivity index (χ4n) is 5.59. The number of hydrogen-bond acceptors (Lipinski definition) is 3. The summed E-state index contributed by atoms with van der Waals surface area (Å²) in [7, 11) is 0. The normalized spacial score (nSPS) is 41.6. The standard InChI is InChI=1S/C16H24N2S/c17-18-15(8-10-1-2-19-9-10)16-13-4-11-3-12(6-13)7-14(16)5-11/h1-2,9,11-16,18H,3-8,17H2. The summed E-state index contributed by atoms with van der Waals surface area (Å²) in [5.74, 6) is 10.8. The third-order valence-corrected chi connectivity index (χ3v) is 6.75. The Hall–Kier alpha value is -0.380. The van der Waals surface area contributed by atoms with Crippen LogP contribution in [0.15, 0.2) is 16.8 Å². The number of nitrogens with one attached hydrogen (secondary N) is 1. The van der Waals surface area contributed by atoms with Gasteiger partial charge in [0.2, 0.25) is 0 Å². The van der Waals surface area contributed by atoms with Gasteiger partial charge in [-0.3, -0.25) is 11.3 Å². The molecule has 0 aromatic carbocycles. The fraction of sp³-hybridized carbons (Fsp3) is 0.750. The third kappa shape index (κ3) is 2.16. The van der Waals surface area contributed by atoms with Gasteiger partial charge in [-0.2, -0.15) is 11.3 Å². The molecule has 0 aliphatic heterocycles. The highest BCUT2D eigenvalue weighted by Gasteiger charge is 2.50. The Balaban J connectivity index is 1.53. The molecule has 0 radical (unpaired) electrons. The van der Waals surface area contributed by atoms with Crippen LogP contribution in [0.3, 0.4) is 0 Å². The molecule has 5 rings (SSSR count). The van der Waals surface area contributed by atoms with Crippen LogP contribution in [0.1, 0.15) is 37.7 Å². The van der Waals surface area contributed by atoms with Crippen molar-refractivity contribution in [3.63, 3.8) is 0 Å². The molecule has 4 saturated carbocycles. The maximum Gasteiger partial charge on any atom is 0.0284 e. The first-order valence-corrected chi connectivity index (χ1v) is 8.75. The first-order chi connectivity index (χ1) is 9.33. The molecule has 0 amide bonds. The summed E-state index contributed by atoms with van der Waals surface area (Å²) in [6, 6.07) is 2.75. The van der Waals surface area contributed by atoms with Gasteiger partial charge in [0.05, 0.1) is 0 Å². The van der Waals surface area contributed by atoms with Crippen molar-refractivity contribution in [2.45, 2.75) is 44.6 Å². The van der Waals surface area contributed by atoms with Gasteiger partial charge in [0.25, 0.3) is 0 Å². The van der Waals surface area contributed by atoms with Crippen molar-refractivity contribution in [1.82, 2.24) is 5.43 Å². The van der Waals surface area contributed by atoms with Gasteiger partial charge in [-0.15, -0.1) is 0 Å². The van der Waals surface area contributed by atoms with E-state index >= 15 is 0 Å². The van der Waals surface area contributed by atoms with Crippen molar-refractivity contribution in [3.05, 3.63) is 22.4 Å². The van der Waals surface area contributed by atoms with Gasteiger partial charge in [0, 0.05) is 6.04 Å². The summed E-state index contributed by atoms with van der Waals surface area (Å²) in [5.41, 5.74) is 4.63. The highest BCUT2D eigenvalue weighted by atomic mass is 32.1. The van der Waals surface area contributed by atoms with Gasteiger partial charge in [0.1, 0.15) is 0 Å². The lowest BCUT2D eigenvalue weighted by molar-refractivity contribution is -0.0517. The minimum atomic E-state index is 0.490. The van der Waals surface area contributed by atoms with E-state index in [2.05, 4.69) is 22.3 Å². The summed E-state index contributed by atoms with van der Waals surface area (Å²) >= 11 is 1.80. The van der Waals surface area contributed by atoms with Crippen LogP contribution in [-0.4, -0.2) is 6.04 Å². The molecule has 3 heteroatoms. The quantitative estimate of drug-likeness (QED) is 0.655. The molecule has 4 aliphatic rings. The molecular weight excluding hydrogens is 252 g/mol. The van der Waals surface area contributed by atoms with Crippen molar-refractivity contribution in [2.24, 2.45) is 35.4 Å². The van der Waals surface area contributed by atoms with E-state index in [1.807, 2.05) is 0 Å². The third-order valence-electron chi connectivity index (χ3n) is 6.01. The first-order valence-electron chi connectivity index (χ1n) is 7.80. The van der Waals surface area contributed by atoms with Crippen molar-refractivity contribution >= 4 is 11.3 Å². The lowest BCUT2D eigenvalue weighted by Gasteiger charge is -2.56. The Morgan fingerprint density at radius 2 is 1.84 bits per heavy atom. The SMILES string of the molecule is NNC(Cc1ccsc1)C1C2CC3CC(C2)CC1C3. The second kappa shape index (κ2) is 4.87. The van der Waals surface area contributed by atoms with E-state index in [9.17, 15) is 0 Å². The number of thiophene rings is 1. The monoisotopic (exact) mass is 276 g/mol. The molecule has 1 aromatic heterocycles. The Morgan fingerprint density at radius 1 is 1.16 bits per heavy atom. The van der Waals surface area contributed by atoms with Crippen molar-refractivity contribution < 1.29 is 0 Å². The van der Waals surface area contributed by atoms with E-state index < -0.39 is 0 Å². The molecule has 1 heterocycles. The molecule has 4 fully saturated rings. The maximum atomic E-state index is 5.92. The summed E-state index contributed by atoms with van der Waals surface area (Å²) in [6.45, 7) is 0. The number of nitrogens with two attached hydrogens (primary N) is 1. The molecule has 4 aliphatic carbocycles. The van der Waals surface area contributed by atoms with E-state index in [1.54, 1.807) is 11.3 Å². The van der Waals surface area contributed by atoms with E-state index in [4.69, 9.17) is 5.84 Å². The lowest BCUT2D eigenvalue weighted by atomic mass is 9.50. The summed E-state index contributed by atoms with van der Waals surface area (Å²) in [6.07, 6.45) is 8.59. The Labute approximate surface area is 119 Å². The molecule has 0 spiro atoms. The summed E-state index contributed by atoms with van der Waals surface area (Å²) in [5, 5.41) is 4.46. The van der Waals surface area contributed by atoms with E-state index in [0.29, 0.717) is 6.04 Å². The van der Waals surface area contributed by atoms with Crippen LogP contribution in [0.5, 0.6) is 0 Å². The molecule has 104 valence electrons. The van der Waals surface area contributed by atoms with Gasteiger partial charge in [-0.1, -0.05) is 0 Å². The van der Waals surface area contributed by atoms with Crippen LogP contribution in [0, 0.1) is 29.6 Å². The summed E-state index contributed by atoms with van der Waals surface area (Å²) in [4.78, 5) is 0. The van der Waals surface area contributed by atoms with E-state index in [0.717, 1.165) is 36.0 Å². The molecule has 2 nitrogen and oxygen atoms in total. The van der Waals surface area contributed by atoms with Gasteiger partial charge in [-0.05, 0) is 90.5 Å². The highest BCUT2D eigenvalue weighted by molar-refractivity contribution is 7.07. The number of rotatable bonds is 4. The Morgan fingerprint density at radius 3 is 2.37 bits per heavy atom.